The van der Waals surface area contributed by atoms with Crippen LogP contribution in [-0.2, 0) is 5.41 Å². The topological polar surface area (TPSA) is 68.5 Å². The van der Waals surface area contributed by atoms with E-state index in [9.17, 15) is 0 Å². The Kier molecular flexibility index (Phi) is 3.66. The molecule has 0 spiro atoms. The van der Waals surface area contributed by atoms with E-state index in [1.165, 1.54) is 0 Å². The van der Waals surface area contributed by atoms with Crippen LogP contribution in [0.25, 0.3) is 0 Å². The van der Waals surface area contributed by atoms with Gasteiger partial charge in [0.15, 0.2) is 22.4 Å². The van der Waals surface area contributed by atoms with Crippen LogP contribution < -0.4 is 20.1 Å². The van der Waals surface area contributed by atoms with Crippen molar-refractivity contribution in [2.75, 3.05) is 17.4 Å². The van der Waals surface area contributed by atoms with E-state index in [-0.39, 0.29) is 12.2 Å². The maximum atomic E-state index is 5.33. The van der Waals surface area contributed by atoms with Crippen LogP contribution in [0, 0.1) is 0 Å². The molecule has 0 amide bonds. The largest absolute Gasteiger partial charge is 0.454 e. The highest BCUT2D eigenvalue weighted by molar-refractivity contribution is 7.80. The van der Waals surface area contributed by atoms with Crippen LogP contribution in [0.3, 0.4) is 0 Å². The lowest BCUT2D eigenvalue weighted by molar-refractivity contribution is 0.174. The van der Waals surface area contributed by atoms with Crippen LogP contribution in [0.5, 0.6) is 11.5 Å². The molecule has 6 nitrogen and oxygen atoms in total. The van der Waals surface area contributed by atoms with Gasteiger partial charge in [0.05, 0.1) is 0 Å². The van der Waals surface area contributed by atoms with Gasteiger partial charge in [0, 0.05) is 23.2 Å². The maximum Gasteiger partial charge on any atom is 0.231 e. The number of hydrogen-bond acceptors (Lipinski definition) is 5. The molecule has 116 valence electrons. The first kappa shape index (κ1) is 14.6. The molecule has 2 aromatic rings. The first-order chi connectivity index (χ1) is 10.4. The van der Waals surface area contributed by atoms with Gasteiger partial charge >= 0.3 is 0 Å². The summed E-state index contributed by atoms with van der Waals surface area (Å²) in [6.07, 6.45) is 0. The summed E-state index contributed by atoms with van der Waals surface area (Å²) in [6, 6.07) is 7.37. The second-order valence-corrected chi connectivity index (χ2v) is 6.38. The van der Waals surface area contributed by atoms with Gasteiger partial charge in [-0.2, -0.15) is 0 Å². The van der Waals surface area contributed by atoms with Gasteiger partial charge in [-0.25, -0.2) is 0 Å². The van der Waals surface area contributed by atoms with Crippen LogP contribution in [0.2, 0.25) is 0 Å². The van der Waals surface area contributed by atoms with Gasteiger partial charge in [-0.15, -0.1) is 0 Å². The summed E-state index contributed by atoms with van der Waals surface area (Å²) < 4.78 is 15.9. The summed E-state index contributed by atoms with van der Waals surface area (Å²) in [6.45, 7) is 6.41. The van der Waals surface area contributed by atoms with E-state index in [0.29, 0.717) is 16.7 Å². The molecule has 2 N–H and O–H groups in total. The van der Waals surface area contributed by atoms with E-state index in [2.05, 4.69) is 36.6 Å². The van der Waals surface area contributed by atoms with Gasteiger partial charge in [-0.1, -0.05) is 25.9 Å². The number of thiocarbonyl (C=S) groups is 1. The Bertz CT molecular complexity index is 706. The van der Waals surface area contributed by atoms with Gasteiger partial charge in [0.25, 0.3) is 0 Å². The number of ether oxygens (including phenoxy) is 2. The second-order valence-electron chi connectivity index (χ2n) is 5.97. The standard InChI is InChI=1S/C15H17N3O3S/c1-15(2,3)12-7-13(18-21-12)17-14(22)16-9-4-5-10-11(6-9)20-8-19-10/h4-7H,8H2,1-3H3,(H2,16,17,18,22). The Labute approximate surface area is 133 Å². The van der Waals surface area contributed by atoms with Crippen molar-refractivity contribution < 1.29 is 14.0 Å². The molecule has 3 rings (SSSR count). The summed E-state index contributed by atoms with van der Waals surface area (Å²) in [5.41, 5.74) is 0.709. The molecule has 0 atom stereocenters. The molecule has 22 heavy (non-hydrogen) atoms. The minimum atomic E-state index is -0.0979. The average molecular weight is 319 g/mol. The first-order valence-corrected chi connectivity index (χ1v) is 7.27. The van der Waals surface area contributed by atoms with Crippen molar-refractivity contribution in [2.24, 2.45) is 0 Å². The van der Waals surface area contributed by atoms with Crippen molar-refractivity contribution in [3.05, 3.63) is 30.0 Å². The second kappa shape index (κ2) is 5.49. The van der Waals surface area contributed by atoms with E-state index in [0.717, 1.165) is 17.2 Å². The van der Waals surface area contributed by atoms with E-state index >= 15 is 0 Å². The smallest absolute Gasteiger partial charge is 0.231 e. The third-order valence-electron chi connectivity index (χ3n) is 3.12. The predicted octanol–water partition coefficient (Wildman–Crippen LogP) is 3.51. The number of hydrogen-bond donors (Lipinski definition) is 2. The molecule has 1 aromatic heterocycles. The summed E-state index contributed by atoms with van der Waals surface area (Å²) >= 11 is 5.27. The predicted molar refractivity (Wildman–Crippen MR) is 87.6 cm³/mol. The van der Waals surface area contributed by atoms with Crippen LogP contribution in [-0.4, -0.2) is 17.1 Å². The molecule has 1 aliphatic heterocycles. The van der Waals surface area contributed by atoms with Crippen molar-refractivity contribution >= 4 is 28.8 Å². The van der Waals surface area contributed by atoms with E-state index in [1.807, 2.05) is 24.3 Å². The minimum absolute atomic E-state index is 0.0979. The van der Waals surface area contributed by atoms with Gasteiger partial charge in [-0.05, 0) is 24.4 Å². The van der Waals surface area contributed by atoms with Gasteiger partial charge in [0.1, 0.15) is 5.76 Å². The number of rotatable bonds is 2. The Morgan fingerprint density at radius 2 is 1.91 bits per heavy atom. The molecular formula is C15H17N3O3S. The van der Waals surface area contributed by atoms with Gasteiger partial charge < -0.3 is 24.6 Å². The number of anilines is 2. The number of nitrogens with zero attached hydrogens (tertiary/aromatic N) is 1. The zero-order valence-corrected chi connectivity index (χ0v) is 13.4. The maximum absolute atomic E-state index is 5.33. The molecule has 1 aliphatic rings. The van der Waals surface area contributed by atoms with Gasteiger partial charge in [-0.3, -0.25) is 0 Å². The highest BCUT2D eigenvalue weighted by atomic mass is 32.1. The van der Waals surface area contributed by atoms with Crippen molar-refractivity contribution in [3.8, 4) is 11.5 Å². The average Bonchev–Trinajstić information content (AvgIpc) is 3.05. The molecular weight excluding hydrogens is 302 g/mol. The summed E-state index contributed by atoms with van der Waals surface area (Å²) in [7, 11) is 0. The molecule has 0 saturated heterocycles. The van der Waals surface area contributed by atoms with E-state index in [1.54, 1.807) is 0 Å². The zero-order valence-electron chi connectivity index (χ0n) is 12.6. The monoisotopic (exact) mass is 319 g/mol. The summed E-state index contributed by atoms with van der Waals surface area (Å²) in [5.74, 6) is 2.80. The fraction of sp³-hybridized carbons (Fsp3) is 0.333. The summed E-state index contributed by atoms with van der Waals surface area (Å²) in [5, 5.41) is 10.5. The highest BCUT2D eigenvalue weighted by Crippen LogP contribution is 2.34. The lowest BCUT2D eigenvalue weighted by Crippen LogP contribution is -2.19. The molecule has 2 heterocycles. The lowest BCUT2D eigenvalue weighted by Gasteiger charge is -2.12. The number of benzene rings is 1. The normalized spacial score (nSPS) is 13.0. The summed E-state index contributed by atoms with van der Waals surface area (Å²) in [4.78, 5) is 0. The third kappa shape index (κ3) is 3.14. The SMILES string of the molecule is CC(C)(C)c1cc(NC(=S)Nc2ccc3c(c2)OCO3)no1. The Morgan fingerprint density at radius 1 is 1.14 bits per heavy atom. The van der Waals surface area contributed by atoms with Crippen LogP contribution >= 0.6 is 12.2 Å². The third-order valence-corrected chi connectivity index (χ3v) is 3.33. The molecule has 0 bridgehead atoms. The molecule has 0 unspecified atom stereocenters. The molecule has 0 aliphatic carbocycles. The molecule has 0 radical (unpaired) electrons. The first-order valence-electron chi connectivity index (χ1n) is 6.87. The van der Waals surface area contributed by atoms with E-state index in [4.69, 9.17) is 26.2 Å². The highest BCUT2D eigenvalue weighted by Gasteiger charge is 2.20. The lowest BCUT2D eigenvalue weighted by atomic mass is 9.93. The quantitative estimate of drug-likeness (QED) is 0.821. The van der Waals surface area contributed by atoms with E-state index < -0.39 is 0 Å². The van der Waals surface area contributed by atoms with Crippen LogP contribution in [0.4, 0.5) is 11.5 Å². The minimum Gasteiger partial charge on any atom is -0.454 e. The number of fused-ring (bicyclic) bond motifs is 1. The van der Waals surface area contributed by atoms with Crippen molar-refractivity contribution in [1.29, 1.82) is 0 Å². The van der Waals surface area contributed by atoms with Crippen LogP contribution in [0.1, 0.15) is 26.5 Å². The molecule has 0 fully saturated rings. The zero-order chi connectivity index (χ0) is 15.7. The number of aromatic nitrogens is 1. The number of nitrogens with one attached hydrogen (secondary N) is 2. The fourth-order valence-corrected chi connectivity index (χ4v) is 2.16. The fourth-order valence-electron chi connectivity index (χ4n) is 1.94. The molecule has 1 aromatic carbocycles. The van der Waals surface area contributed by atoms with Crippen LogP contribution in [0.15, 0.2) is 28.8 Å². The van der Waals surface area contributed by atoms with Crippen molar-refractivity contribution in [3.63, 3.8) is 0 Å². The Hall–Kier alpha value is -2.28. The van der Waals surface area contributed by atoms with Crippen molar-refractivity contribution in [2.45, 2.75) is 26.2 Å². The van der Waals surface area contributed by atoms with Crippen molar-refractivity contribution in [1.82, 2.24) is 5.16 Å². The molecule has 7 heteroatoms. The Balaban J connectivity index is 1.64. The molecule has 0 saturated carbocycles. The van der Waals surface area contributed by atoms with Gasteiger partial charge in [0.2, 0.25) is 6.79 Å². The Morgan fingerprint density at radius 3 is 2.64 bits per heavy atom.